The number of aromatic nitrogens is 2. The van der Waals surface area contributed by atoms with E-state index >= 15 is 0 Å². The van der Waals surface area contributed by atoms with Gasteiger partial charge < -0.3 is 5.32 Å². The molecule has 0 saturated carbocycles. The van der Waals surface area contributed by atoms with Crippen molar-refractivity contribution in [1.82, 2.24) is 15.3 Å². The predicted octanol–water partition coefficient (Wildman–Crippen LogP) is 1.96. The van der Waals surface area contributed by atoms with Crippen LogP contribution in [0.5, 0.6) is 0 Å². The van der Waals surface area contributed by atoms with Crippen LogP contribution in [-0.2, 0) is 0 Å². The summed E-state index contributed by atoms with van der Waals surface area (Å²) in [5, 5.41) is 4.16. The molecular weight excluding hydrogens is 194 g/mol. The molecule has 0 aliphatic carbocycles. The molecule has 78 valence electrons. The van der Waals surface area contributed by atoms with E-state index in [9.17, 15) is 0 Å². The van der Waals surface area contributed by atoms with Gasteiger partial charge in [0.25, 0.3) is 0 Å². The van der Waals surface area contributed by atoms with Gasteiger partial charge in [0.05, 0.1) is 0 Å². The fourth-order valence-corrected chi connectivity index (χ4v) is 2.15. The minimum absolute atomic E-state index is 0.564. The Morgan fingerprint density at radius 3 is 2.71 bits per heavy atom. The van der Waals surface area contributed by atoms with E-state index in [0.717, 1.165) is 10.9 Å². The summed E-state index contributed by atoms with van der Waals surface area (Å²) >= 11 is 1.71. The first-order chi connectivity index (χ1) is 6.86. The molecule has 0 aliphatic heterocycles. The Morgan fingerprint density at radius 2 is 2.14 bits per heavy atom. The molecule has 4 heteroatoms. The zero-order chi connectivity index (χ0) is 10.2. The van der Waals surface area contributed by atoms with Gasteiger partial charge in [-0.15, -0.1) is 0 Å². The number of nitrogens with one attached hydrogen (secondary N) is 1. The molecule has 0 bridgehead atoms. The molecule has 0 amide bonds. The molecular formula is C10H17N3S. The SMILES string of the molecule is CCCC(CSc1ncccn1)NC. The van der Waals surface area contributed by atoms with Crippen LogP contribution in [0.15, 0.2) is 23.6 Å². The molecule has 0 fully saturated rings. The predicted molar refractivity (Wildman–Crippen MR) is 60.5 cm³/mol. The van der Waals surface area contributed by atoms with Gasteiger partial charge in [-0.25, -0.2) is 9.97 Å². The molecule has 0 aliphatic rings. The van der Waals surface area contributed by atoms with E-state index < -0.39 is 0 Å². The van der Waals surface area contributed by atoms with E-state index in [1.54, 1.807) is 24.2 Å². The molecule has 1 aromatic rings. The molecule has 1 aromatic heterocycles. The van der Waals surface area contributed by atoms with Gasteiger partial charge in [0, 0.05) is 24.2 Å². The average Bonchev–Trinajstić information content (AvgIpc) is 2.25. The van der Waals surface area contributed by atoms with Crippen molar-refractivity contribution in [2.24, 2.45) is 0 Å². The van der Waals surface area contributed by atoms with Gasteiger partial charge in [0.1, 0.15) is 0 Å². The molecule has 1 rings (SSSR count). The minimum atomic E-state index is 0.564. The van der Waals surface area contributed by atoms with Gasteiger partial charge in [0.15, 0.2) is 5.16 Å². The Hall–Kier alpha value is -0.610. The second kappa shape index (κ2) is 6.79. The van der Waals surface area contributed by atoms with Crippen LogP contribution in [0, 0.1) is 0 Å². The van der Waals surface area contributed by atoms with Crippen molar-refractivity contribution in [3.63, 3.8) is 0 Å². The lowest BCUT2D eigenvalue weighted by Crippen LogP contribution is -2.27. The van der Waals surface area contributed by atoms with Gasteiger partial charge in [-0.05, 0) is 19.5 Å². The van der Waals surface area contributed by atoms with Crippen LogP contribution >= 0.6 is 11.8 Å². The van der Waals surface area contributed by atoms with Gasteiger partial charge in [0.2, 0.25) is 0 Å². The summed E-state index contributed by atoms with van der Waals surface area (Å²) in [5.41, 5.74) is 0. The van der Waals surface area contributed by atoms with Crippen molar-refractivity contribution < 1.29 is 0 Å². The lowest BCUT2D eigenvalue weighted by molar-refractivity contribution is 0.564. The fourth-order valence-electron chi connectivity index (χ4n) is 1.19. The van der Waals surface area contributed by atoms with Crippen LogP contribution in [0.3, 0.4) is 0 Å². The number of nitrogens with zero attached hydrogens (tertiary/aromatic N) is 2. The molecule has 0 aromatic carbocycles. The third kappa shape index (κ3) is 4.07. The van der Waals surface area contributed by atoms with Gasteiger partial charge in [-0.2, -0.15) is 0 Å². The second-order valence-corrected chi connectivity index (χ2v) is 4.10. The highest BCUT2D eigenvalue weighted by Gasteiger charge is 2.05. The van der Waals surface area contributed by atoms with Crippen LogP contribution in [0.4, 0.5) is 0 Å². The minimum Gasteiger partial charge on any atom is -0.316 e. The molecule has 1 heterocycles. The van der Waals surface area contributed by atoms with Crippen LogP contribution in [0.25, 0.3) is 0 Å². The Labute approximate surface area is 89.7 Å². The molecule has 1 unspecified atom stereocenters. The smallest absolute Gasteiger partial charge is 0.187 e. The maximum atomic E-state index is 4.17. The van der Waals surface area contributed by atoms with Crippen LogP contribution in [0.1, 0.15) is 19.8 Å². The third-order valence-electron chi connectivity index (χ3n) is 2.00. The van der Waals surface area contributed by atoms with Crippen LogP contribution in [-0.4, -0.2) is 28.8 Å². The van der Waals surface area contributed by atoms with E-state index in [2.05, 4.69) is 22.2 Å². The third-order valence-corrected chi connectivity index (χ3v) is 3.04. The lowest BCUT2D eigenvalue weighted by atomic mass is 10.2. The Kier molecular flexibility index (Phi) is 5.56. The summed E-state index contributed by atoms with van der Waals surface area (Å²) < 4.78 is 0. The first kappa shape index (κ1) is 11.5. The highest BCUT2D eigenvalue weighted by molar-refractivity contribution is 7.99. The first-order valence-electron chi connectivity index (χ1n) is 4.94. The number of hydrogen-bond acceptors (Lipinski definition) is 4. The Bertz CT molecular complexity index is 240. The number of thioether (sulfide) groups is 1. The summed E-state index contributed by atoms with van der Waals surface area (Å²) in [6.07, 6.45) is 5.98. The average molecular weight is 211 g/mol. The number of hydrogen-bond donors (Lipinski definition) is 1. The quantitative estimate of drug-likeness (QED) is 0.576. The van der Waals surface area contributed by atoms with E-state index in [1.165, 1.54) is 12.8 Å². The summed E-state index contributed by atoms with van der Waals surface area (Å²) in [6.45, 7) is 2.20. The van der Waals surface area contributed by atoms with E-state index in [0.29, 0.717) is 6.04 Å². The normalized spacial score (nSPS) is 12.7. The topological polar surface area (TPSA) is 37.8 Å². The zero-order valence-electron chi connectivity index (χ0n) is 8.73. The van der Waals surface area contributed by atoms with Crippen LogP contribution < -0.4 is 5.32 Å². The van der Waals surface area contributed by atoms with Crippen molar-refractivity contribution in [1.29, 1.82) is 0 Å². The van der Waals surface area contributed by atoms with Gasteiger partial charge in [-0.1, -0.05) is 25.1 Å². The van der Waals surface area contributed by atoms with Crippen molar-refractivity contribution in [3.8, 4) is 0 Å². The fraction of sp³-hybridized carbons (Fsp3) is 0.600. The van der Waals surface area contributed by atoms with Crippen LogP contribution in [0.2, 0.25) is 0 Å². The maximum Gasteiger partial charge on any atom is 0.187 e. The maximum absolute atomic E-state index is 4.17. The zero-order valence-corrected chi connectivity index (χ0v) is 9.55. The van der Waals surface area contributed by atoms with E-state index in [4.69, 9.17) is 0 Å². The molecule has 0 spiro atoms. The Balaban J connectivity index is 2.32. The molecule has 3 nitrogen and oxygen atoms in total. The van der Waals surface area contributed by atoms with E-state index in [-0.39, 0.29) is 0 Å². The van der Waals surface area contributed by atoms with Crippen molar-refractivity contribution >= 4 is 11.8 Å². The van der Waals surface area contributed by atoms with Crippen molar-refractivity contribution in [2.45, 2.75) is 31.0 Å². The second-order valence-electron chi connectivity index (χ2n) is 3.12. The monoisotopic (exact) mass is 211 g/mol. The van der Waals surface area contributed by atoms with Gasteiger partial charge in [-0.3, -0.25) is 0 Å². The molecule has 0 saturated heterocycles. The highest BCUT2D eigenvalue weighted by atomic mass is 32.2. The largest absolute Gasteiger partial charge is 0.316 e. The molecule has 14 heavy (non-hydrogen) atoms. The summed E-state index contributed by atoms with van der Waals surface area (Å²) in [4.78, 5) is 8.34. The van der Waals surface area contributed by atoms with Crippen molar-refractivity contribution in [2.75, 3.05) is 12.8 Å². The molecule has 1 N–H and O–H groups in total. The lowest BCUT2D eigenvalue weighted by Gasteiger charge is -2.13. The Morgan fingerprint density at radius 1 is 1.43 bits per heavy atom. The molecule has 0 radical (unpaired) electrons. The highest BCUT2D eigenvalue weighted by Crippen LogP contribution is 2.14. The summed E-state index contributed by atoms with van der Waals surface area (Å²) in [5.74, 6) is 1.04. The number of rotatable bonds is 6. The summed E-state index contributed by atoms with van der Waals surface area (Å²) in [7, 11) is 2.01. The molecule has 1 atom stereocenters. The first-order valence-corrected chi connectivity index (χ1v) is 5.92. The standard InChI is InChI=1S/C10H17N3S/c1-3-5-9(11-2)8-14-10-12-6-4-7-13-10/h4,6-7,9,11H,3,5,8H2,1-2H3. The van der Waals surface area contributed by atoms with Gasteiger partial charge >= 0.3 is 0 Å². The van der Waals surface area contributed by atoms with Crippen molar-refractivity contribution in [3.05, 3.63) is 18.5 Å². The summed E-state index contributed by atoms with van der Waals surface area (Å²) in [6, 6.07) is 2.40. The van der Waals surface area contributed by atoms with E-state index in [1.807, 2.05) is 13.1 Å².